The first kappa shape index (κ1) is 31.8. The highest BCUT2D eigenvalue weighted by atomic mass is 35.5. The summed E-state index contributed by atoms with van der Waals surface area (Å²) in [5.41, 5.74) is 15.1. The van der Waals surface area contributed by atoms with Crippen LogP contribution in [0.5, 0.6) is 0 Å². The number of anilines is 1. The van der Waals surface area contributed by atoms with Crippen molar-refractivity contribution in [2.45, 2.75) is 47.6 Å². The van der Waals surface area contributed by atoms with Crippen LogP contribution in [-0.4, -0.2) is 31.6 Å². The van der Waals surface area contributed by atoms with Gasteiger partial charge in [0.2, 0.25) is 0 Å². The number of aliphatic hydroxyl groups is 1. The summed E-state index contributed by atoms with van der Waals surface area (Å²) in [7, 11) is -4.64. The summed E-state index contributed by atoms with van der Waals surface area (Å²) in [5, 5.41) is 17.4. The van der Waals surface area contributed by atoms with Gasteiger partial charge in [-0.2, -0.15) is 0 Å². The molecule has 0 saturated heterocycles. The van der Waals surface area contributed by atoms with E-state index in [1.165, 1.54) is 0 Å². The fraction of sp³-hybridized carbons (Fsp3) is 0.269. The number of rotatable bonds is 2. The molecule has 0 spiro atoms. The Balaban J connectivity index is 0.000000620. The zero-order chi connectivity index (χ0) is 28.0. The van der Waals surface area contributed by atoms with Gasteiger partial charge in [0.25, 0.3) is 0 Å². The Morgan fingerprint density at radius 3 is 1.67 bits per heavy atom. The van der Waals surface area contributed by atoms with E-state index in [1.807, 2.05) is 58.0 Å². The molecule has 0 unspecified atom stereocenters. The monoisotopic (exact) mass is 554 g/mol. The number of aryl methyl sites for hydroxylation is 2. The quantitative estimate of drug-likeness (QED) is 0.187. The van der Waals surface area contributed by atoms with Crippen LogP contribution in [0, 0.1) is 19.3 Å². The standard InChI is InChI=1S/C23H22Cl2N2.C3H8O.H3O4P/c1-12-8-16(9-13(2)22(12)26)20(21-18(24)6-5-7-19(21)25)17-10-14(3)23(27)15(4)11-17;1-3(2)4;1-5(2,3)4/h5-11,26H,27H2,1-4H3;3-4H,1-2H3;(H3,1,2,3,4). The number of benzene rings is 2. The Morgan fingerprint density at radius 2 is 1.31 bits per heavy atom. The van der Waals surface area contributed by atoms with Gasteiger partial charge in [0, 0.05) is 27.4 Å². The van der Waals surface area contributed by atoms with Gasteiger partial charge >= 0.3 is 7.82 Å². The number of nitrogen functional groups attached to an aromatic ring is 1. The van der Waals surface area contributed by atoms with E-state index in [-0.39, 0.29) is 6.10 Å². The van der Waals surface area contributed by atoms with Crippen molar-refractivity contribution in [1.82, 2.24) is 0 Å². The molecule has 0 saturated carbocycles. The fourth-order valence-corrected chi connectivity index (χ4v) is 4.01. The molecule has 196 valence electrons. The molecule has 0 aromatic heterocycles. The average molecular weight is 555 g/mol. The van der Waals surface area contributed by atoms with E-state index in [9.17, 15) is 0 Å². The number of hydrogen-bond donors (Lipinski definition) is 6. The molecule has 0 aliphatic heterocycles. The second-order valence-electron chi connectivity index (χ2n) is 8.59. The van der Waals surface area contributed by atoms with Crippen molar-refractivity contribution in [2.75, 3.05) is 5.73 Å². The normalized spacial score (nSPS) is 13.2. The van der Waals surface area contributed by atoms with Gasteiger partial charge in [0.05, 0.1) is 5.71 Å². The minimum atomic E-state index is -4.64. The maximum atomic E-state index is 8.88. The van der Waals surface area contributed by atoms with Crippen molar-refractivity contribution in [3.05, 3.63) is 91.5 Å². The molecule has 3 rings (SSSR count). The average Bonchev–Trinajstić information content (AvgIpc) is 2.71. The van der Waals surface area contributed by atoms with Crippen LogP contribution in [0.2, 0.25) is 10.0 Å². The summed E-state index contributed by atoms with van der Waals surface area (Å²) < 4.78 is 8.88. The zero-order valence-electron chi connectivity index (χ0n) is 21.1. The first-order chi connectivity index (χ1) is 16.4. The highest BCUT2D eigenvalue weighted by Gasteiger charge is 2.20. The van der Waals surface area contributed by atoms with E-state index in [2.05, 4.69) is 12.1 Å². The molecule has 7 N–H and O–H groups in total. The molecule has 0 radical (unpaired) electrons. The topological polar surface area (TPSA) is 148 Å². The Kier molecular flexibility index (Phi) is 11.8. The summed E-state index contributed by atoms with van der Waals surface area (Å²) in [5.74, 6) is 0. The van der Waals surface area contributed by atoms with E-state index in [0.29, 0.717) is 15.8 Å². The predicted octanol–water partition coefficient (Wildman–Crippen LogP) is 6.38. The van der Waals surface area contributed by atoms with Crippen LogP contribution in [0.15, 0.2) is 59.2 Å². The molecule has 2 aromatic carbocycles. The molecule has 2 aromatic rings. The van der Waals surface area contributed by atoms with Crippen molar-refractivity contribution in [1.29, 1.82) is 5.41 Å². The van der Waals surface area contributed by atoms with Crippen molar-refractivity contribution in [3.8, 4) is 0 Å². The number of allylic oxidation sites excluding steroid dienone is 5. The molecular weight excluding hydrogens is 522 g/mol. The SMILES string of the molecule is CC(C)O.CC1=CC(=C(c2cc(C)c(N)c(C)c2)c2c(Cl)cccc2Cl)C=C(C)C1=N.O=P(O)(O)O. The highest BCUT2D eigenvalue weighted by molar-refractivity contribution is 7.45. The van der Waals surface area contributed by atoms with Crippen LogP contribution in [0.1, 0.15) is 49.9 Å². The van der Waals surface area contributed by atoms with Crippen molar-refractivity contribution < 1.29 is 24.4 Å². The lowest BCUT2D eigenvalue weighted by Crippen LogP contribution is -2.07. The Labute approximate surface area is 222 Å². The Hall–Kier alpha value is -2.22. The summed E-state index contributed by atoms with van der Waals surface area (Å²) in [4.78, 5) is 21.6. The first-order valence-corrected chi connectivity index (χ1v) is 13.2. The molecular formula is C26H33Cl2N2O5P. The number of halogens is 2. The maximum absolute atomic E-state index is 8.88. The van der Waals surface area contributed by atoms with Gasteiger partial charge in [0.1, 0.15) is 0 Å². The number of hydrogen-bond acceptors (Lipinski definition) is 4. The molecule has 1 aliphatic carbocycles. The number of phosphoric acid groups is 1. The molecule has 0 heterocycles. The predicted molar refractivity (Wildman–Crippen MR) is 150 cm³/mol. The third-order valence-corrected chi connectivity index (χ3v) is 5.55. The third-order valence-electron chi connectivity index (χ3n) is 4.92. The van der Waals surface area contributed by atoms with Crippen LogP contribution in [0.3, 0.4) is 0 Å². The molecule has 36 heavy (non-hydrogen) atoms. The molecule has 10 heteroatoms. The lowest BCUT2D eigenvalue weighted by atomic mass is 9.85. The van der Waals surface area contributed by atoms with Gasteiger partial charge in [-0.25, -0.2) is 4.57 Å². The van der Waals surface area contributed by atoms with Gasteiger partial charge in [-0.1, -0.05) is 29.3 Å². The third kappa shape index (κ3) is 9.68. The van der Waals surface area contributed by atoms with Crippen molar-refractivity contribution in [2.24, 2.45) is 0 Å². The van der Waals surface area contributed by atoms with Crippen LogP contribution in [0.4, 0.5) is 5.69 Å². The smallest absolute Gasteiger partial charge is 0.398 e. The van der Waals surface area contributed by atoms with E-state index in [4.69, 9.17) is 58.7 Å². The van der Waals surface area contributed by atoms with Crippen LogP contribution < -0.4 is 5.73 Å². The summed E-state index contributed by atoms with van der Waals surface area (Å²) in [6.07, 6.45) is 3.87. The molecule has 0 fully saturated rings. The lowest BCUT2D eigenvalue weighted by molar-refractivity contribution is 0.216. The molecule has 1 aliphatic rings. The Morgan fingerprint density at radius 1 is 0.944 bits per heavy atom. The lowest BCUT2D eigenvalue weighted by Gasteiger charge is -2.20. The van der Waals surface area contributed by atoms with Crippen molar-refractivity contribution in [3.63, 3.8) is 0 Å². The minimum absolute atomic E-state index is 0.167. The number of nitrogens with one attached hydrogen (secondary N) is 1. The second-order valence-corrected chi connectivity index (χ2v) is 10.4. The largest absolute Gasteiger partial charge is 0.466 e. The summed E-state index contributed by atoms with van der Waals surface area (Å²) in [6, 6.07) is 9.67. The summed E-state index contributed by atoms with van der Waals surface area (Å²) >= 11 is 13.2. The first-order valence-electron chi connectivity index (χ1n) is 10.9. The molecule has 0 atom stereocenters. The van der Waals surface area contributed by atoms with Gasteiger partial charge in [0.15, 0.2) is 0 Å². The molecule has 7 nitrogen and oxygen atoms in total. The van der Waals surface area contributed by atoms with Gasteiger partial charge in [-0.05, 0) is 117 Å². The van der Waals surface area contributed by atoms with Gasteiger partial charge in [-0.15, -0.1) is 0 Å². The van der Waals surface area contributed by atoms with E-state index < -0.39 is 7.82 Å². The van der Waals surface area contributed by atoms with E-state index in [1.54, 1.807) is 13.8 Å². The Bertz CT molecular complexity index is 1200. The number of nitrogens with two attached hydrogens (primary N) is 1. The minimum Gasteiger partial charge on any atom is -0.398 e. The van der Waals surface area contributed by atoms with E-state index >= 15 is 0 Å². The zero-order valence-corrected chi connectivity index (χ0v) is 23.5. The van der Waals surface area contributed by atoms with Crippen molar-refractivity contribution >= 4 is 48.0 Å². The van der Waals surface area contributed by atoms with Crippen LogP contribution in [0.25, 0.3) is 5.57 Å². The van der Waals surface area contributed by atoms with Gasteiger partial charge < -0.3 is 30.9 Å². The summed E-state index contributed by atoms with van der Waals surface area (Å²) in [6.45, 7) is 11.3. The highest BCUT2D eigenvalue weighted by Crippen LogP contribution is 2.40. The van der Waals surface area contributed by atoms with Gasteiger partial charge in [-0.3, -0.25) is 0 Å². The number of aliphatic hydroxyl groups excluding tert-OH is 1. The van der Waals surface area contributed by atoms with Crippen LogP contribution >= 0.6 is 31.0 Å². The van der Waals surface area contributed by atoms with E-state index in [0.717, 1.165) is 50.2 Å². The molecule has 0 amide bonds. The molecule has 0 bridgehead atoms. The van der Waals surface area contributed by atoms with Crippen LogP contribution in [-0.2, 0) is 4.57 Å². The maximum Gasteiger partial charge on any atom is 0.466 e. The second kappa shape index (κ2) is 13.4. The fourth-order valence-electron chi connectivity index (χ4n) is 3.42.